The second kappa shape index (κ2) is 20.8. The number of phosphoric acid groups is 1. The molecule has 0 radical (unpaired) electrons. The summed E-state index contributed by atoms with van der Waals surface area (Å²) in [6.07, 6.45) is 3.34. The van der Waals surface area contributed by atoms with Gasteiger partial charge in [0.05, 0.1) is 18.6 Å². The van der Waals surface area contributed by atoms with Gasteiger partial charge in [0.15, 0.2) is 5.96 Å². The molecule has 2 aromatic carbocycles. The van der Waals surface area contributed by atoms with Gasteiger partial charge >= 0.3 is 7.82 Å². The number of hydrogen-bond acceptors (Lipinski definition) is 9. The number of phenols is 1. The van der Waals surface area contributed by atoms with Gasteiger partial charge < -0.3 is 53.4 Å². The number of nitrogens with zero attached hydrogens (tertiary/aromatic N) is 1. The van der Waals surface area contributed by atoms with E-state index in [0.29, 0.717) is 36.8 Å². The zero-order valence-corrected chi connectivity index (χ0v) is 30.7. The van der Waals surface area contributed by atoms with Gasteiger partial charge in [0.2, 0.25) is 29.5 Å². The summed E-state index contributed by atoms with van der Waals surface area (Å²) in [6.45, 7) is 0.766. The summed E-state index contributed by atoms with van der Waals surface area (Å²) < 4.78 is 16.5. The fourth-order valence-corrected chi connectivity index (χ4v) is 6.29. The molecule has 19 heteroatoms. The molecule has 2 aromatic rings. The molecule has 1 saturated carbocycles. The first kappa shape index (κ1) is 43.1. The van der Waals surface area contributed by atoms with Crippen molar-refractivity contribution in [1.29, 1.82) is 0 Å². The third kappa shape index (κ3) is 15.4. The standard InChI is InChI=1S/C35H49N8O10P/c1-21(44)40-29(17-22-7-3-2-4-8-22)34(49)43-30(18-23-12-14-26(45)15-13-23)33(48)41-25(20-53-54(50,51)52)19-24-9-5-10-27(24)32(47)42-28(31(36)46)11-6-16-39-35(37)38/h2-4,7-8,12-15,19,25,27-30,45H,5-6,9-11,16-18,20H2,1H3,(H2,36,46)(H,40,44)(H,41,48)(H,42,47)(H,43,49)(H4,37,38,39)(H2,50,51,52)/b24-19+/t25-,27+,28-,29-,30-/m0/s1. The van der Waals surface area contributed by atoms with E-state index in [1.807, 2.05) is 0 Å². The minimum atomic E-state index is -5.03. The van der Waals surface area contributed by atoms with Crippen molar-refractivity contribution in [3.05, 3.63) is 77.4 Å². The fourth-order valence-electron chi connectivity index (χ4n) is 5.93. The van der Waals surface area contributed by atoms with E-state index in [0.717, 1.165) is 5.56 Å². The van der Waals surface area contributed by atoms with Gasteiger partial charge in [-0.05, 0) is 55.4 Å². The van der Waals surface area contributed by atoms with Gasteiger partial charge in [0.1, 0.15) is 23.9 Å². The first-order valence-corrected chi connectivity index (χ1v) is 18.8. The molecule has 3 rings (SSSR count). The van der Waals surface area contributed by atoms with E-state index in [-0.39, 0.29) is 37.5 Å². The minimum Gasteiger partial charge on any atom is -0.508 e. The molecule has 5 amide bonds. The lowest BCUT2D eigenvalue weighted by atomic mass is 9.98. The Morgan fingerprint density at radius 1 is 0.889 bits per heavy atom. The third-order valence-electron chi connectivity index (χ3n) is 8.48. The van der Waals surface area contributed by atoms with Crippen LogP contribution in [0.2, 0.25) is 0 Å². The van der Waals surface area contributed by atoms with E-state index < -0.39 is 74.1 Å². The van der Waals surface area contributed by atoms with Crippen molar-refractivity contribution in [2.75, 3.05) is 13.2 Å². The molecule has 13 N–H and O–H groups in total. The highest BCUT2D eigenvalue weighted by Crippen LogP contribution is 2.36. The van der Waals surface area contributed by atoms with Crippen molar-refractivity contribution in [3.63, 3.8) is 0 Å². The van der Waals surface area contributed by atoms with Crippen LogP contribution in [0.1, 0.15) is 50.2 Å². The Bertz CT molecular complexity index is 1710. The predicted molar refractivity (Wildman–Crippen MR) is 198 cm³/mol. The highest BCUT2D eigenvalue weighted by molar-refractivity contribution is 7.46. The second-order valence-corrected chi connectivity index (χ2v) is 14.1. The molecule has 0 aromatic heterocycles. The van der Waals surface area contributed by atoms with Crippen LogP contribution in [0.4, 0.5) is 0 Å². The van der Waals surface area contributed by atoms with Crippen LogP contribution in [0.25, 0.3) is 0 Å². The van der Waals surface area contributed by atoms with Crippen molar-refractivity contribution in [1.82, 2.24) is 21.3 Å². The monoisotopic (exact) mass is 772 g/mol. The van der Waals surface area contributed by atoms with Crippen LogP contribution in [0.5, 0.6) is 5.75 Å². The number of hydrogen-bond donors (Lipinski definition) is 10. The Hall–Kier alpha value is -5.29. The van der Waals surface area contributed by atoms with Crippen molar-refractivity contribution in [2.24, 2.45) is 28.1 Å². The molecule has 294 valence electrons. The highest BCUT2D eigenvalue weighted by atomic mass is 31.2. The second-order valence-electron chi connectivity index (χ2n) is 12.9. The van der Waals surface area contributed by atoms with Crippen molar-refractivity contribution >= 4 is 43.3 Å². The van der Waals surface area contributed by atoms with Crippen LogP contribution in [-0.2, 0) is 45.9 Å². The van der Waals surface area contributed by atoms with Gasteiger partial charge in [0.25, 0.3) is 0 Å². The maximum absolute atomic E-state index is 14.0. The zero-order valence-electron chi connectivity index (χ0n) is 29.9. The number of carbonyl (C=O) groups is 5. The molecule has 0 aliphatic heterocycles. The van der Waals surface area contributed by atoms with Crippen LogP contribution < -0.4 is 38.5 Å². The number of rotatable bonds is 20. The number of primary amides is 1. The number of aromatic hydroxyl groups is 1. The maximum Gasteiger partial charge on any atom is 0.469 e. The van der Waals surface area contributed by atoms with Crippen LogP contribution in [0.3, 0.4) is 0 Å². The van der Waals surface area contributed by atoms with Gasteiger partial charge in [-0.25, -0.2) is 4.57 Å². The predicted octanol–water partition coefficient (Wildman–Crippen LogP) is -0.489. The number of phosphoric ester groups is 1. The molecule has 1 aliphatic carbocycles. The van der Waals surface area contributed by atoms with E-state index in [9.17, 15) is 43.4 Å². The molecular formula is C35H49N8O10P. The summed E-state index contributed by atoms with van der Waals surface area (Å²) in [6, 6.07) is 10.2. The summed E-state index contributed by atoms with van der Waals surface area (Å²) in [5, 5.41) is 20.4. The normalized spacial score (nSPS) is 17.0. The molecule has 0 spiro atoms. The average Bonchev–Trinajstić information content (AvgIpc) is 3.56. The smallest absolute Gasteiger partial charge is 0.469 e. The minimum absolute atomic E-state index is 0.0260. The van der Waals surface area contributed by atoms with E-state index in [2.05, 4.69) is 26.3 Å². The van der Waals surface area contributed by atoms with Crippen LogP contribution >= 0.6 is 7.82 Å². The van der Waals surface area contributed by atoms with Crippen LogP contribution in [-0.4, -0.2) is 87.7 Å². The molecule has 54 heavy (non-hydrogen) atoms. The Morgan fingerprint density at radius 3 is 2.09 bits per heavy atom. The molecule has 18 nitrogen and oxygen atoms in total. The molecule has 0 saturated heterocycles. The van der Waals surface area contributed by atoms with E-state index in [1.54, 1.807) is 42.5 Å². The summed E-state index contributed by atoms with van der Waals surface area (Å²) in [5.41, 5.74) is 18.0. The van der Waals surface area contributed by atoms with Gasteiger partial charge in [-0.2, -0.15) is 0 Å². The Labute approximate surface area is 312 Å². The van der Waals surface area contributed by atoms with Crippen LogP contribution in [0.15, 0.2) is 71.2 Å². The molecule has 0 bridgehead atoms. The lowest BCUT2D eigenvalue weighted by molar-refractivity contribution is -0.131. The van der Waals surface area contributed by atoms with E-state index in [1.165, 1.54) is 25.1 Å². The van der Waals surface area contributed by atoms with Gasteiger partial charge in [0, 0.05) is 26.3 Å². The van der Waals surface area contributed by atoms with Crippen LogP contribution in [0, 0.1) is 5.92 Å². The Balaban J connectivity index is 1.87. The molecule has 0 unspecified atom stereocenters. The largest absolute Gasteiger partial charge is 0.508 e. The lowest BCUT2D eigenvalue weighted by Gasteiger charge is -2.25. The number of benzene rings is 2. The van der Waals surface area contributed by atoms with E-state index in [4.69, 9.17) is 21.7 Å². The van der Waals surface area contributed by atoms with E-state index >= 15 is 0 Å². The number of guanidine groups is 1. The topological polar surface area (TPSA) is 311 Å². The van der Waals surface area contributed by atoms with Crippen molar-refractivity contribution < 1.29 is 48.0 Å². The number of amides is 5. The number of nitrogens with one attached hydrogen (secondary N) is 4. The number of phenolic OH excluding ortho intramolecular Hbond substituents is 1. The summed E-state index contributed by atoms with van der Waals surface area (Å²) >= 11 is 0. The molecular weight excluding hydrogens is 723 g/mol. The van der Waals surface area contributed by atoms with Gasteiger partial charge in [-0.1, -0.05) is 54.1 Å². The first-order valence-electron chi connectivity index (χ1n) is 17.3. The summed E-state index contributed by atoms with van der Waals surface area (Å²) in [5.74, 6) is -4.11. The third-order valence-corrected chi connectivity index (χ3v) is 8.96. The van der Waals surface area contributed by atoms with Crippen molar-refractivity contribution in [2.45, 2.75) is 76.0 Å². The molecule has 0 heterocycles. The first-order chi connectivity index (χ1) is 25.5. The maximum atomic E-state index is 14.0. The number of carbonyl (C=O) groups excluding carboxylic acids is 5. The summed E-state index contributed by atoms with van der Waals surface area (Å²) in [4.78, 5) is 88.0. The number of nitrogens with two attached hydrogens (primary N) is 3. The number of aliphatic imine (C=N–C) groups is 1. The van der Waals surface area contributed by atoms with Gasteiger partial charge in [-0.15, -0.1) is 0 Å². The van der Waals surface area contributed by atoms with Crippen molar-refractivity contribution in [3.8, 4) is 5.75 Å². The Morgan fingerprint density at radius 2 is 1.50 bits per heavy atom. The zero-order chi connectivity index (χ0) is 39.8. The average molecular weight is 773 g/mol. The lowest BCUT2D eigenvalue weighted by Crippen LogP contribution is -2.56. The summed E-state index contributed by atoms with van der Waals surface area (Å²) in [7, 11) is -5.03. The molecule has 5 atom stereocenters. The fraction of sp³-hybridized carbons (Fsp3) is 0.429. The molecule has 1 fully saturated rings. The Kier molecular flexibility index (Phi) is 16.6. The SMILES string of the molecule is CC(=O)N[C@@H](Cc1ccccc1)C(=O)N[C@@H](Cc1ccc(O)cc1)C(=O)N[C@@H](/C=C1\CCC[C@H]1C(=O)N[C@@H](CCCN=C(N)N)C(N)=O)COP(=O)(O)O. The van der Waals surface area contributed by atoms with Gasteiger partial charge in [-0.3, -0.25) is 33.5 Å². The quantitative estimate of drug-likeness (QED) is 0.0268. The highest BCUT2D eigenvalue weighted by Gasteiger charge is 2.33. The molecule has 1 aliphatic rings.